The molecule has 0 bridgehead atoms. The van der Waals surface area contributed by atoms with Crippen LogP contribution >= 0.6 is 0 Å². The molecule has 0 aliphatic carbocycles. The van der Waals surface area contributed by atoms with E-state index in [4.69, 9.17) is 0 Å². The van der Waals surface area contributed by atoms with Crippen molar-refractivity contribution in [3.8, 4) is 0 Å². The Morgan fingerprint density at radius 1 is 1.50 bits per heavy atom. The molecule has 0 amide bonds. The maximum absolute atomic E-state index is 11.4. The van der Waals surface area contributed by atoms with Crippen LogP contribution in [0.4, 0.5) is 0 Å². The number of carbonyl (C=O) groups is 1. The lowest BCUT2D eigenvalue weighted by molar-refractivity contribution is -0.141. The summed E-state index contributed by atoms with van der Waals surface area (Å²) in [7, 11) is 2.58. The summed E-state index contributed by atoms with van der Waals surface area (Å²) in [6, 6.07) is 1.21. The van der Waals surface area contributed by atoms with Crippen molar-refractivity contribution in [1.29, 1.82) is 0 Å². The minimum absolute atomic E-state index is 0.191. The molecule has 0 spiro atoms. The lowest BCUT2D eigenvalue weighted by atomic mass is 10.5. The van der Waals surface area contributed by atoms with Crippen LogP contribution in [0.15, 0.2) is 21.9 Å². The molecule has 1 aromatic heterocycles. The van der Waals surface area contributed by atoms with Crippen molar-refractivity contribution in [2.75, 3.05) is 7.11 Å². The van der Waals surface area contributed by atoms with Gasteiger partial charge in [-0.3, -0.25) is 18.7 Å². The van der Waals surface area contributed by atoms with E-state index in [0.29, 0.717) is 0 Å². The average molecular weight is 198 g/mol. The van der Waals surface area contributed by atoms with Gasteiger partial charge in [0.15, 0.2) is 0 Å². The molecule has 0 atom stereocenters. The fraction of sp³-hybridized carbons (Fsp3) is 0.375. The van der Waals surface area contributed by atoms with Gasteiger partial charge in [-0.25, -0.2) is 4.79 Å². The highest BCUT2D eigenvalue weighted by Crippen LogP contribution is 1.81. The number of ether oxygens (including phenoxy) is 1. The number of methoxy groups -OCH3 is 1. The van der Waals surface area contributed by atoms with Gasteiger partial charge in [-0.05, 0) is 0 Å². The predicted octanol–water partition coefficient (Wildman–Crippen LogP) is -1.28. The van der Waals surface area contributed by atoms with Gasteiger partial charge in [0.1, 0.15) is 6.54 Å². The molecule has 1 rings (SSSR count). The molecule has 0 aliphatic heterocycles. The van der Waals surface area contributed by atoms with E-state index in [1.807, 2.05) is 0 Å². The zero-order chi connectivity index (χ0) is 10.7. The third kappa shape index (κ3) is 1.90. The zero-order valence-corrected chi connectivity index (χ0v) is 7.89. The van der Waals surface area contributed by atoms with Crippen molar-refractivity contribution in [2.45, 2.75) is 6.54 Å². The summed E-state index contributed by atoms with van der Waals surface area (Å²) in [5.74, 6) is -0.536. The van der Waals surface area contributed by atoms with Crippen LogP contribution in [0.25, 0.3) is 0 Å². The highest BCUT2D eigenvalue weighted by molar-refractivity contribution is 5.68. The van der Waals surface area contributed by atoms with Gasteiger partial charge < -0.3 is 4.74 Å². The zero-order valence-electron chi connectivity index (χ0n) is 7.89. The molecule has 0 aliphatic rings. The second-order valence-electron chi connectivity index (χ2n) is 2.70. The van der Waals surface area contributed by atoms with E-state index in [0.717, 1.165) is 9.13 Å². The van der Waals surface area contributed by atoms with Crippen LogP contribution in [0, 0.1) is 0 Å². The fourth-order valence-electron chi connectivity index (χ4n) is 0.940. The smallest absolute Gasteiger partial charge is 0.331 e. The largest absolute Gasteiger partial charge is 0.468 e. The minimum atomic E-state index is -0.539. The lowest BCUT2D eigenvalue weighted by Crippen LogP contribution is -2.38. The Balaban J connectivity index is 3.13. The van der Waals surface area contributed by atoms with E-state index < -0.39 is 17.2 Å². The van der Waals surface area contributed by atoms with Gasteiger partial charge >= 0.3 is 11.7 Å². The van der Waals surface area contributed by atoms with E-state index in [1.54, 1.807) is 0 Å². The third-order valence-electron chi connectivity index (χ3n) is 1.79. The molecule has 6 heteroatoms. The van der Waals surface area contributed by atoms with Crippen molar-refractivity contribution in [3.63, 3.8) is 0 Å². The first-order chi connectivity index (χ1) is 6.56. The van der Waals surface area contributed by atoms with Crippen LogP contribution in [-0.4, -0.2) is 22.2 Å². The summed E-state index contributed by atoms with van der Waals surface area (Å²) in [5, 5.41) is 0. The van der Waals surface area contributed by atoms with Crippen LogP contribution in [-0.2, 0) is 23.1 Å². The molecule has 76 valence electrons. The van der Waals surface area contributed by atoms with Crippen molar-refractivity contribution >= 4 is 5.97 Å². The number of carbonyl (C=O) groups excluding carboxylic acids is 1. The van der Waals surface area contributed by atoms with Crippen LogP contribution in [0.2, 0.25) is 0 Å². The quantitative estimate of drug-likeness (QED) is 0.555. The molecular formula is C8H10N2O4. The normalized spacial score (nSPS) is 9.86. The van der Waals surface area contributed by atoms with Gasteiger partial charge in [0.2, 0.25) is 0 Å². The Kier molecular flexibility index (Phi) is 2.85. The first-order valence-corrected chi connectivity index (χ1v) is 3.89. The maximum atomic E-state index is 11.4. The summed E-state index contributed by atoms with van der Waals surface area (Å²) in [4.78, 5) is 33.2. The Bertz CT molecular complexity index is 457. The molecule has 0 saturated carbocycles. The van der Waals surface area contributed by atoms with Gasteiger partial charge in [-0.1, -0.05) is 0 Å². The van der Waals surface area contributed by atoms with E-state index in [1.165, 1.54) is 26.4 Å². The minimum Gasteiger partial charge on any atom is -0.468 e. The Morgan fingerprint density at radius 2 is 2.14 bits per heavy atom. The second kappa shape index (κ2) is 3.91. The summed E-state index contributed by atoms with van der Waals surface area (Å²) >= 11 is 0. The number of hydrogen-bond donors (Lipinski definition) is 0. The van der Waals surface area contributed by atoms with Crippen molar-refractivity contribution in [2.24, 2.45) is 7.05 Å². The van der Waals surface area contributed by atoms with E-state index in [2.05, 4.69) is 4.74 Å². The van der Waals surface area contributed by atoms with Gasteiger partial charge in [-0.15, -0.1) is 0 Å². The van der Waals surface area contributed by atoms with Crippen molar-refractivity contribution in [3.05, 3.63) is 33.1 Å². The lowest BCUT2D eigenvalue weighted by Gasteiger charge is -2.04. The number of nitrogens with zero attached hydrogens (tertiary/aromatic N) is 2. The molecule has 1 heterocycles. The summed E-state index contributed by atoms with van der Waals surface area (Å²) in [6.45, 7) is -0.191. The standard InChI is InChI=1S/C8H10N2O4/c1-9-6(11)3-4-10(8(9)13)5-7(12)14-2/h3-4H,5H2,1-2H3. The first kappa shape index (κ1) is 10.2. The van der Waals surface area contributed by atoms with Crippen molar-refractivity contribution in [1.82, 2.24) is 9.13 Å². The summed E-state index contributed by atoms with van der Waals surface area (Å²) in [6.07, 6.45) is 1.27. The Labute approximate surface area is 79.3 Å². The number of rotatable bonds is 2. The van der Waals surface area contributed by atoms with Crippen LogP contribution < -0.4 is 11.2 Å². The molecule has 1 aromatic rings. The molecule has 6 nitrogen and oxygen atoms in total. The SMILES string of the molecule is COC(=O)Cn1ccc(=O)n(C)c1=O. The van der Waals surface area contributed by atoms with Gasteiger partial charge in [0, 0.05) is 19.3 Å². The molecule has 0 unspecified atom stereocenters. The van der Waals surface area contributed by atoms with E-state index in [9.17, 15) is 14.4 Å². The van der Waals surface area contributed by atoms with Crippen LogP contribution in [0.1, 0.15) is 0 Å². The molecule has 14 heavy (non-hydrogen) atoms. The number of esters is 1. The predicted molar refractivity (Wildman–Crippen MR) is 48.0 cm³/mol. The topological polar surface area (TPSA) is 70.3 Å². The molecule has 0 fully saturated rings. The average Bonchev–Trinajstić information content (AvgIpc) is 2.19. The van der Waals surface area contributed by atoms with Crippen LogP contribution in [0.3, 0.4) is 0 Å². The Morgan fingerprint density at radius 3 is 2.71 bits per heavy atom. The summed E-state index contributed by atoms with van der Waals surface area (Å²) in [5.41, 5.74) is -0.945. The highest BCUT2D eigenvalue weighted by Gasteiger charge is 2.05. The highest BCUT2D eigenvalue weighted by atomic mass is 16.5. The monoisotopic (exact) mass is 198 g/mol. The van der Waals surface area contributed by atoms with Crippen LogP contribution in [0.5, 0.6) is 0 Å². The van der Waals surface area contributed by atoms with Gasteiger partial charge in [0.25, 0.3) is 5.56 Å². The second-order valence-corrected chi connectivity index (χ2v) is 2.70. The Hall–Kier alpha value is -1.85. The van der Waals surface area contributed by atoms with Crippen molar-refractivity contribution < 1.29 is 9.53 Å². The number of aromatic nitrogens is 2. The third-order valence-corrected chi connectivity index (χ3v) is 1.79. The van der Waals surface area contributed by atoms with Gasteiger partial charge in [0.05, 0.1) is 7.11 Å². The maximum Gasteiger partial charge on any atom is 0.331 e. The molecular weight excluding hydrogens is 188 g/mol. The fourth-order valence-corrected chi connectivity index (χ4v) is 0.940. The molecule has 0 N–H and O–H groups in total. The number of hydrogen-bond acceptors (Lipinski definition) is 4. The van der Waals surface area contributed by atoms with E-state index in [-0.39, 0.29) is 6.54 Å². The molecule has 0 aromatic carbocycles. The van der Waals surface area contributed by atoms with E-state index >= 15 is 0 Å². The van der Waals surface area contributed by atoms with Gasteiger partial charge in [-0.2, -0.15) is 0 Å². The molecule has 0 radical (unpaired) electrons. The molecule has 0 saturated heterocycles. The summed E-state index contributed by atoms with van der Waals surface area (Å²) < 4.78 is 6.42. The first-order valence-electron chi connectivity index (χ1n) is 3.89.